The lowest BCUT2D eigenvalue weighted by atomic mass is 10.0. The molecule has 1 fully saturated rings. The fourth-order valence-corrected chi connectivity index (χ4v) is 3.69. The molecule has 2 unspecified atom stereocenters. The lowest BCUT2D eigenvalue weighted by Gasteiger charge is -2.19. The van der Waals surface area contributed by atoms with Crippen molar-refractivity contribution in [2.45, 2.75) is 58.4 Å². The van der Waals surface area contributed by atoms with Gasteiger partial charge in [0.25, 0.3) is 0 Å². The molecule has 1 aromatic carbocycles. The molecule has 114 valence electrons. The smallest absolute Gasteiger partial charge is 0.223 e. The normalized spacial score (nSPS) is 25.3. The number of nitrogens with zero attached hydrogens (tertiary/aromatic N) is 1. The van der Waals surface area contributed by atoms with E-state index in [1.807, 2.05) is 4.90 Å². The van der Waals surface area contributed by atoms with Crippen molar-refractivity contribution >= 4 is 17.3 Å². The second-order valence-corrected chi connectivity index (χ2v) is 6.72. The quantitative estimate of drug-likeness (QED) is 0.834. The van der Waals surface area contributed by atoms with Crippen LogP contribution >= 0.6 is 0 Å². The van der Waals surface area contributed by atoms with E-state index in [1.165, 1.54) is 43.4 Å². The maximum Gasteiger partial charge on any atom is 0.223 e. The average molecular weight is 286 g/mol. The van der Waals surface area contributed by atoms with Crippen LogP contribution in [0.5, 0.6) is 0 Å². The van der Waals surface area contributed by atoms with Crippen LogP contribution in [0.25, 0.3) is 0 Å². The molecule has 0 bridgehead atoms. The molecule has 1 N–H and O–H groups in total. The number of carbonyl (C=O) groups is 1. The molecule has 0 saturated heterocycles. The number of amides is 1. The van der Waals surface area contributed by atoms with Crippen LogP contribution in [0, 0.1) is 5.92 Å². The van der Waals surface area contributed by atoms with Crippen LogP contribution in [-0.2, 0) is 11.2 Å². The Morgan fingerprint density at radius 1 is 1.24 bits per heavy atom. The fraction of sp³-hybridized carbons (Fsp3) is 0.611. The van der Waals surface area contributed by atoms with E-state index in [9.17, 15) is 4.79 Å². The highest BCUT2D eigenvalue weighted by atomic mass is 16.2. The van der Waals surface area contributed by atoms with Crippen molar-refractivity contribution in [1.82, 2.24) is 0 Å². The summed E-state index contributed by atoms with van der Waals surface area (Å²) in [6.45, 7) is 4.84. The van der Waals surface area contributed by atoms with Gasteiger partial charge in [0.2, 0.25) is 5.91 Å². The first-order valence-corrected chi connectivity index (χ1v) is 8.31. The van der Waals surface area contributed by atoms with Gasteiger partial charge in [-0.2, -0.15) is 0 Å². The highest BCUT2D eigenvalue weighted by molar-refractivity contribution is 5.94. The number of hydrogen-bond acceptors (Lipinski definition) is 2. The largest absolute Gasteiger partial charge is 0.382 e. The fourth-order valence-electron chi connectivity index (χ4n) is 3.69. The minimum atomic E-state index is 0.146. The number of hydrogen-bond donors (Lipinski definition) is 1. The monoisotopic (exact) mass is 286 g/mol. The van der Waals surface area contributed by atoms with Gasteiger partial charge in [-0.3, -0.25) is 4.79 Å². The number of fused-ring (bicyclic) bond motifs is 1. The standard InChI is InChI=1S/C18H26N2O/c1-13-4-3-5-16(7-6-13)19-17-8-9-18-15(12-17)10-11-20(18)14(2)21/h8-9,12-13,16,19H,3-7,10-11H2,1-2H3. The molecule has 2 aliphatic rings. The van der Waals surface area contributed by atoms with Crippen molar-refractivity contribution in [2.75, 3.05) is 16.8 Å². The van der Waals surface area contributed by atoms with E-state index in [0.29, 0.717) is 6.04 Å². The Bertz CT molecular complexity index is 526. The molecule has 0 spiro atoms. The van der Waals surface area contributed by atoms with Crippen molar-refractivity contribution < 1.29 is 4.79 Å². The zero-order chi connectivity index (χ0) is 14.8. The van der Waals surface area contributed by atoms with Gasteiger partial charge in [-0.15, -0.1) is 0 Å². The van der Waals surface area contributed by atoms with E-state index in [4.69, 9.17) is 0 Å². The molecular formula is C18H26N2O. The number of carbonyl (C=O) groups excluding carboxylic acids is 1. The molecule has 0 radical (unpaired) electrons. The van der Waals surface area contributed by atoms with Crippen LogP contribution in [0.15, 0.2) is 18.2 Å². The predicted molar refractivity (Wildman–Crippen MR) is 87.8 cm³/mol. The van der Waals surface area contributed by atoms with Crippen LogP contribution in [-0.4, -0.2) is 18.5 Å². The van der Waals surface area contributed by atoms with Crippen molar-refractivity contribution in [3.8, 4) is 0 Å². The summed E-state index contributed by atoms with van der Waals surface area (Å²) in [6, 6.07) is 7.09. The van der Waals surface area contributed by atoms with Crippen LogP contribution in [0.2, 0.25) is 0 Å². The minimum absolute atomic E-state index is 0.146. The second-order valence-electron chi connectivity index (χ2n) is 6.72. The van der Waals surface area contributed by atoms with Crippen LogP contribution < -0.4 is 10.2 Å². The van der Waals surface area contributed by atoms with Crippen LogP contribution in [0.3, 0.4) is 0 Å². The molecular weight excluding hydrogens is 260 g/mol. The van der Waals surface area contributed by atoms with Gasteiger partial charge in [-0.1, -0.05) is 19.8 Å². The van der Waals surface area contributed by atoms with Gasteiger partial charge < -0.3 is 10.2 Å². The van der Waals surface area contributed by atoms with Gasteiger partial charge in [0.15, 0.2) is 0 Å². The third-order valence-electron chi connectivity index (χ3n) is 4.98. The zero-order valence-corrected chi connectivity index (χ0v) is 13.2. The van der Waals surface area contributed by atoms with Crippen molar-refractivity contribution in [1.29, 1.82) is 0 Å². The van der Waals surface area contributed by atoms with E-state index < -0.39 is 0 Å². The molecule has 2 atom stereocenters. The Morgan fingerprint density at radius 2 is 2.10 bits per heavy atom. The summed E-state index contributed by atoms with van der Waals surface area (Å²) < 4.78 is 0. The summed E-state index contributed by atoms with van der Waals surface area (Å²) in [6.07, 6.45) is 7.57. The lowest BCUT2D eigenvalue weighted by molar-refractivity contribution is -0.116. The summed E-state index contributed by atoms with van der Waals surface area (Å²) in [4.78, 5) is 13.5. The van der Waals surface area contributed by atoms with Crippen molar-refractivity contribution in [3.63, 3.8) is 0 Å². The molecule has 1 saturated carbocycles. The molecule has 3 nitrogen and oxygen atoms in total. The Balaban J connectivity index is 1.69. The number of anilines is 2. The Morgan fingerprint density at radius 3 is 2.90 bits per heavy atom. The average Bonchev–Trinajstić information content (AvgIpc) is 2.77. The number of benzene rings is 1. The van der Waals surface area contributed by atoms with Gasteiger partial charge in [0.1, 0.15) is 0 Å². The summed E-state index contributed by atoms with van der Waals surface area (Å²) in [5, 5.41) is 3.71. The van der Waals surface area contributed by atoms with E-state index in [0.717, 1.165) is 24.6 Å². The predicted octanol–water partition coefficient (Wildman–Crippen LogP) is 3.98. The SMILES string of the molecule is CC(=O)N1CCc2cc(NC3CCCC(C)CC3)ccc21. The first-order valence-electron chi connectivity index (χ1n) is 8.31. The molecule has 0 aromatic heterocycles. The minimum Gasteiger partial charge on any atom is -0.382 e. The van der Waals surface area contributed by atoms with E-state index in [2.05, 4.69) is 30.4 Å². The number of nitrogens with one attached hydrogen (secondary N) is 1. The Hall–Kier alpha value is -1.51. The molecule has 1 aliphatic carbocycles. The summed E-state index contributed by atoms with van der Waals surface area (Å²) in [7, 11) is 0. The van der Waals surface area contributed by atoms with E-state index >= 15 is 0 Å². The van der Waals surface area contributed by atoms with E-state index in [-0.39, 0.29) is 5.91 Å². The maximum absolute atomic E-state index is 11.6. The summed E-state index contributed by atoms with van der Waals surface area (Å²) in [5.74, 6) is 1.02. The van der Waals surface area contributed by atoms with E-state index in [1.54, 1.807) is 6.92 Å². The molecule has 1 heterocycles. The highest BCUT2D eigenvalue weighted by Gasteiger charge is 2.22. The Labute approximate surface area is 127 Å². The van der Waals surface area contributed by atoms with Gasteiger partial charge in [-0.25, -0.2) is 0 Å². The molecule has 3 heteroatoms. The van der Waals surface area contributed by atoms with Crippen molar-refractivity contribution in [3.05, 3.63) is 23.8 Å². The third-order valence-corrected chi connectivity index (χ3v) is 4.98. The molecule has 1 aromatic rings. The highest BCUT2D eigenvalue weighted by Crippen LogP contribution is 2.32. The maximum atomic E-state index is 11.6. The van der Waals surface area contributed by atoms with Crippen LogP contribution in [0.1, 0.15) is 51.5 Å². The molecule has 3 rings (SSSR count). The second kappa shape index (κ2) is 6.08. The van der Waals surface area contributed by atoms with Gasteiger partial charge >= 0.3 is 0 Å². The number of rotatable bonds is 2. The topological polar surface area (TPSA) is 32.3 Å². The lowest BCUT2D eigenvalue weighted by Crippen LogP contribution is -2.25. The summed E-state index contributed by atoms with van der Waals surface area (Å²) in [5.41, 5.74) is 3.62. The van der Waals surface area contributed by atoms with Gasteiger partial charge in [0, 0.05) is 30.9 Å². The molecule has 1 aliphatic heterocycles. The first kappa shape index (κ1) is 14.4. The molecule has 1 amide bonds. The summed E-state index contributed by atoms with van der Waals surface area (Å²) >= 11 is 0. The Kier molecular flexibility index (Phi) is 4.18. The molecule has 21 heavy (non-hydrogen) atoms. The van der Waals surface area contributed by atoms with Crippen LogP contribution in [0.4, 0.5) is 11.4 Å². The first-order chi connectivity index (χ1) is 10.1. The van der Waals surface area contributed by atoms with Gasteiger partial charge in [-0.05, 0) is 55.4 Å². The van der Waals surface area contributed by atoms with Crippen molar-refractivity contribution in [2.24, 2.45) is 5.92 Å². The zero-order valence-electron chi connectivity index (χ0n) is 13.2. The van der Waals surface area contributed by atoms with Gasteiger partial charge in [0.05, 0.1) is 0 Å². The third kappa shape index (κ3) is 3.22.